The number of halogens is 1. The molecule has 0 spiro atoms. The molecule has 0 aliphatic rings. The normalized spacial score (nSPS) is 10.5. The quantitative estimate of drug-likeness (QED) is 0.712. The highest BCUT2D eigenvalue weighted by atomic mass is 19.1. The lowest BCUT2D eigenvalue weighted by molar-refractivity contribution is 0.0600. The topological polar surface area (TPSA) is 29.5 Å². The number of carbonyl (C=O) groups excluding carboxylic acids is 1. The molecule has 15 heavy (non-hydrogen) atoms. The summed E-state index contributed by atoms with van der Waals surface area (Å²) in [6.07, 6.45) is 0. The van der Waals surface area contributed by atoms with E-state index >= 15 is 0 Å². The minimum Gasteiger partial charge on any atom is -0.465 e. The number of carbonyl (C=O) groups is 1. The van der Waals surface area contributed by atoms with Gasteiger partial charge in [0, 0.05) is 12.1 Å². The molecule has 0 saturated carbocycles. The molecule has 0 aliphatic heterocycles. The van der Waals surface area contributed by atoms with E-state index in [2.05, 4.69) is 4.74 Å². The number of hydrogen-bond donors (Lipinski definition) is 0. The Morgan fingerprint density at radius 2 is 2.13 bits per heavy atom. The summed E-state index contributed by atoms with van der Waals surface area (Å²) in [6, 6.07) is 4.36. The molecule has 3 nitrogen and oxygen atoms in total. The lowest BCUT2D eigenvalue weighted by Gasteiger charge is -2.10. The Kier molecular flexibility index (Phi) is 3.80. The number of benzene rings is 1. The summed E-state index contributed by atoms with van der Waals surface area (Å²) in [6.45, 7) is 0.507. The van der Waals surface area contributed by atoms with Crippen LogP contribution in [0, 0.1) is 5.82 Å². The van der Waals surface area contributed by atoms with Gasteiger partial charge in [-0.05, 0) is 26.2 Å². The van der Waals surface area contributed by atoms with Gasteiger partial charge in [0.2, 0.25) is 0 Å². The molecule has 1 aromatic carbocycles. The molecule has 0 radical (unpaired) electrons. The first-order valence-electron chi connectivity index (χ1n) is 4.56. The van der Waals surface area contributed by atoms with Crippen molar-refractivity contribution in [2.24, 2.45) is 0 Å². The molecule has 4 heteroatoms. The molecule has 0 aromatic heterocycles. The molecule has 0 heterocycles. The third-order valence-corrected chi connectivity index (χ3v) is 1.96. The highest BCUT2D eigenvalue weighted by molar-refractivity contribution is 5.89. The Labute approximate surface area is 88.5 Å². The highest BCUT2D eigenvalue weighted by Gasteiger charge is 2.09. The van der Waals surface area contributed by atoms with Crippen LogP contribution < -0.4 is 0 Å². The Morgan fingerprint density at radius 1 is 1.47 bits per heavy atom. The zero-order valence-electron chi connectivity index (χ0n) is 9.08. The molecule has 0 aliphatic carbocycles. The second-order valence-electron chi connectivity index (χ2n) is 3.54. The maximum atomic E-state index is 13.5. The molecular weight excluding hydrogens is 197 g/mol. The molecule has 0 amide bonds. The van der Waals surface area contributed by atoms with Gasteiger partial charge in [0.25, 0.3) is 0 Å². The monoisotopic (exact) mass is 211 g/mol. The van der Waals surface area contributed by atoms with E-state index in [9.17, 15) is 9.18 Å². The van der Waals surface area contributed by atoms with Crippen molar-refractivity contribution in [3.8, 4) is 0 Å². The van der Waals surface area contributed by atoms with E-state index in [4.69, 9.17) is 0 Å². The lowest BCUT2D eigenvalue weighted by Crippen LogP contribution is -2.12. The van der Waals surface area contributed by atoms with Crippen molar-refractivity contribution in [1.82, 2.24) is 4.90 Å². The van der Waals surface area contributed by atoms with Crippen LogP contribution in [0.15, 0.2) is 18.2 Å². The van der Waals surface area contributed by atoms with Crippen LogP contribution in [0.3, 0.4) is 0 Å². The lowest BCUT2D eigenvalue weighted by atomic mass is 10.1. The maximum absolute atomic E-state index is 13.5. The minimum absolute atomic E-state index is 0.234. The summed E-state index contributed by atoms with van der Waals surface area (Å²) in [5.41, 5.74) is 0.796. The second kappa shape index (κ2) is 4.89. The molecular formula is C11H14FNO2. The first-order chi connectivity index (χ1) is 7.04. The zero-order chi connectivity index (χ0) is 11.4. The van der Waals surface area contributed by atoms with E-state index in [1.54, 1.807) is 12.1 Å². The predicted molar refractivity (Wildman–Crippen MR) is 55.1 cm³/mol. The summed E-state index contributed by atoms with van der Waals surface area (Å²) < 4.78 is 18.0. The first-order valence-corrected chi connectivity index (χ1v) is 4.56. The van der Waals surface area contributed by atoms with Crippen LogP contribution in [0.25, 0.3) is 0 Å². The van der Waals surface area contributed by atoms with E-state index < -0.39 is 5.97 Å². The fraction of sp³-hybridized carbons (Fsp3) is 0.364. The van der Waals surface area contributed by atoms with Crippen LogP contribution in [0.2, 0.25) is 0 Å². The molecule has 0 saturated heterocycles. The third-order valence-electron chi connectivity index (χ3n) is 1.96. The number of hydrogen-bond acceptors (Lipinski definition) is 3. The van der Waals surface area contributed by atoms with Crippen molar-refractivity contribution in [1.29, 1.82) is 0 Å². The Hall–Kier alpha value is -1.42. The van der Waals surface area contributed by atoms with Gasteiger partial charge in [-0.3, -0.25) is 0 Å². The second-order valence-corrected chi connectivity index (χ2v) is 3.54. The molecule has 0 N–H and O–H groups in total. The van der Waals surface area contributed by atoms with Crippen molar-refractivity contribution in [2.75, 3.05) is 21.2 Å². The Balaban J connectivity index is 2.93. The summed E-state index contributed by atoms with van der Waals surface area (Å²) in [5.74, 6) is -0.906. The average molecular weight is 211 g/mol. The van der Waals surface area contributed by atoms with Crippen molar-refractivity contribution in [3.05, 3.63) is 35.1 Å². The fourth-order valence-corrected chi connectivity index (χ4v) is 1.26. The van der Waals surface area contributed by atoms with E-state index in [1.165, 1.54) is 13.2 Å². The van der Waals surface area contributed by atoms with Crippen molar-refractivity contribution in [2.45, 2.75) is 6.54 Å². The van der Waals surface area contributed by atoms with Crippen LogP contribution in [0.1, 0.15) is 15.9 Å². The van der Waals surface area contributed by atoms with Crippen molar-refractivity contribution >= 4 is 5.97 Å². The molecule has 0 atom stereocenters. The van der Waals surface area contributed by atoms with Gasteiger partial charge in [-0.15, -0.1) is 0 Å². The van der Waals surface area contributed by atoms with Crippen LogP contribution in [0.4, 0.5) is 4.39 Å². The van der Waals surface area contributed by atoms with Gasteiger partial charge in [0.05, 0.1) is 12.7 Å². The van der Waals surface area contributed by atoms with Crippen LogP contribution >= 0.6 is 0 Å². The van der Waals surface area contributed by atoms with Gasteiger partial charge in [-0.1, -0.05) is 6.07 Å². The summed E-state index contributed by atoms with van der Waals surface area (Å²) in [4.78, 5) is 13.0. The van der Waals surface area contributed by atoms with E-state index in [1.807, 2.05) is 19.0 Å². The van der Waals surface area contributed by atoms with E-state index in [0.29, 0.717) is 12.1 Å². The smallest absolute Gasteiger partial charge is 0.337 e. The standard InChI is InChI=1S/C11H14FNO2/c1-13(2)7-9-5-4-8(6-10(9)12)11(14)15-3/h4-6H,7H2,1-3H3. The van der Waals surface area contributed by atoms with E-state index in [0.717, 1.165) is 0 Å². The first kappa shape index (κ1) is 11.7. The van der Waals surface area contributed by atoms with Gasteiger partial charge in [-0.2, -0.15) is 0 Å². The summed E-state index contributed by atoms with van der Waals surface area (Å²) in [5, 5.41) is 0. The molecule has 0 fully saturated rings. The third kappa shape index (κ3) is 3.02. The van der Waals surface area contributed by atoms with E-state index in [-0.39, 0.29) is 11.4 Å². The highest BCUT2D eigenvalue weighted by Crippen LogP contribution is 2.12. The van der Waals surface area contributed by atoms with Gasteiger partial charge >= 0.3 is 5.97 Å². The van der Waals surface area contributed by atoms with Crippen LogP contribution in [-0.4, -0.2) is 32.1 Å². The van der Waals surface area contributed by atoms with Crippen LogP contribution in [0.5, 0.6) is 0 Å². The Bertz CT molecular complexity index is 364. The van der Waals surface area contributed by atoms with Crippen molar-refractivity contribution in [3.63, 3.8) is 0 Å². The minimum atomic E-state index is -0.523. The zero-order valence-corrected chi connectivity index (χ0v) is 9.08. The molecule has 0 bridgehead atoms. The predicted octanol–water partition coefficient (Wildman–Crippen LogP) is 1.67. The summed E-state index contributed by atoms with van der Waals surface area (Å²) in [7, 11) is 4.98. The molecule has 1 rings (SSSR count). The number of methoxy groups -OCH3 is 1. The van der Waals surface area contributed by atoms with Gasteiger partial charge < -0.3 is 9.64 Å². The number of rotatable bonds is 3. The van der Waals surface area contributed by atoms with Gasteiger partial charge in [-0.25, -0.2) is 9.18 Å². The SMILES string of the molecule is COC(=O)c1ccc(CN(C)C)c(F)c1. The molecule has 1 aromatic rings. The van der Waals surface area contributed by atoms with Crippen LogP contribution in [-0.2, 0) is 11.3 Å². The average Bonchev–Trinajstić information content (AvgIpc) is 2.19. The number of nitrogens with zero attached hydrogens (tertiary/aromatic N) is 1. The molecule has 0 unspecified atom stereocenters. The Morgan fingerprint density at radius 3 is 2.60 bits per heavy atom. The fourth-order valence-electron chi connectivity index (χ4n) is 1.26. The van der Waals surface area contributed by atoms with Gasteiger partial charge in [0.1, 0.15) is 5.82 Å². The maximum Gasteiger partial charge on any atom is 0.337 e. The molecule has 82 valence electrons. The summed E-state index contributed by atoms with van der Waals surface area (Å²) >= 11 is 0. The largest absolute Gasteiger partial charge is 0.465 e. The van der Waals surface area contributed by atoms with Crippen molar-refractivity contribution < 1.29 is 13.9 Å². The van der Waals surface area contributed by atoms with Gasteiger partial charge in [0.15, 0.2) is 0 Å². The number of ether oxygens (including phenoxy) is 1. The number of esters is 1.